The van der Waals surface area contributed by atoms with Crippen molar-refractivity contribution >= 4 is 11.8 Å². The van der Waals surface area contributed by atoms with E-state index in [4.69, 9.17) is 4.42 Å². The molecule has 2 amide bonds. The van der Waals surface area contributed by atoms with E-state index in [1.165, 1.54) is 24.7 Å². The lowest BCUT2D eigenvalue weighted by molar-refractivity contribution is -0.127. The number of rotatable bonds is 4. The predicted molar refractivity (Wildman–Crippen MR) is 90.3 cm³/mol. The van der Waals surface area contributed by atoms with Gasteiger partial charge in [-0.25, -0.2) is 4.39 Å². The molecule has 2 atom stereocenters. The van der Waals surface area contributed by atoms with Gasteiger partial charge in [0.1, 0.15) is 12.1 Å². The molecule has 25 heavy (non-hydrogen) atoms. The lowest BCUT2D eigenvalue weighted by Gasteiger charge is -2.32. The van der Waals surface area contributed by atoms with Crippen molar-refractivity contribution in [1.82, 2.24) is 10.2 Å². The number of carbonyl (C=O) groups is 2. The molecule has 1 aliphatic rings. The van der Waals surface area contributed by atoms with Gasteiger partial charge >= 0.3 is 0 Å². The molecule has 0 unspecified atom stereocenters. The minimum Gasteiger partial charge on any atom is -0.472 e. The van der Waals surface area contributed by atoms with Gasteiger partial charge in [-0.2, -0.15) is 0 Å². The Hall–Kier alpha value is -2.63. The van der Waals surface area contributed by atoms with Crippen LogP contribution >= 0.6 is 0 Å². The van der Waals surface area contributed by atoms with Crippen LogP contribution in [0.5, 0.6) is 0 Å². The van der Waals surface area contributed by atoms with Crippen LogP contribution in [-0.2, 0) is 4.79 Å². The number of halogens is 1. The Morgan fingerprint density at radius 3 is 2.72 bits per heavy atom. The molecule has 1 fully saturated rings. The Bertz CT molecular complexity index is 728. The van der Waals surface area contributed by atoms with Crippen molar-refractivity contribution in [1.29, 1.82) is 0 Å². The van der Waals surface area contributed by atoms with Crippen LogP contribution in [0, 0.1) is 11.7 Å². The lowest BCUT2D eigenvalue weighted by atomic mass is 9.96. The highest BCUT2D eigenvalue weighted by Crippen LogP contribution is 2.21. The molecule has 1 N–H and O–H groups in total. The summed E-state index contributed by atoms with van der Waals surface area (Å²) in [5.74, 6) is -0.741. The average molecular weight is 344 g/mol. The van der Waals surface area contributed by atoms with Crippen LogP contribution in [0.4, 0.5) is 4.39 Å². The Kier molecular flexibility index (Phi) is 5.16. The van der Waals surface area contributed by atoms with E-state index in [2.05, 4.69) is 5.32 Å². The third kappa shape index (κ3) is 4.07. The molecule has 6 heteroatoms. The second-order valence-corrected chi connectivity index (χ2v) is 6.38. The van der Waals surface area contributed by atoms with E-state index < -0.39 is 0 Å². The van der Waals surface area contributed by atoms with E-state index in [9.17, 15) is 14.0 Å². The first-order valence-corrected chi connectivity index (χ1v) is 8.42. The first-order valence-electron chi connectivity index (χ1n) is 8.42. The van der Waals surface area contributed by atoms with E-state index in [0.29, 0.717) is 18.7 Å². The molecule has 0 aliphatic carbocycles. The summed E-state index contributed by atoms with van der Waals surface area (Å²) in [6, 6.07) is 7.50. The van der Waals surface area contributed by atoms with E-state index in [-0.39, 0.29) is 29.6 Å². The maximum absolute atomic E-state index is 13.0. The minimum atomic E-state index is -0.303. The van der Waals surface area contributed by atoms with Gasteiger partial charge in [0.25, 0.3) is 5.91 Å². The van der Waals surface area contributed by atoms with Crippen LogP contribution in [0.1, 0.15) is 41.7 Å². The van der Waals surface area contributed by atoms with Gasteiger partial charge in [0, 0.05) is 13.1 Å². The standard InChI is InChI=1S/C19H21FN2O3/c1-13(14-4-6-17(20)7-5-14)21-18(23)15-3-2-9-22(11-15)19(24)16-8-10-25-12-16/h4-8,10,12-13,15H,2-3,9,11H2,1H3,(H,21,23)/t13-,15-/m0/s1. The first kappa shape index (κ1) is 17.2. The number of benzene rings is 1. The number of furan rings is 1. The molecular formula is C19H21FN2O3. The summed E-state index contributed by atoms with van der Waals surface area (Å²) in [5.41, 5.74) is 1.35. The van der Waals surface area contributed by atoms with Crippen LogP contribution in [0.15, 0.2) is 47.3 Å². The molecule has 0 bridgehead atoms. The third-order valence-electron chi connectivity index (χ3n) is 4.58. The van der Waals surface area contributed by atoms with E-state index in [0.717, 1.165) is 18.4 Å². The zero-order valence-electron chi connectivity index (χ0n) is 14.1. The van der Waals surface area contributed by atoms with Crippen molar-refractivity contribution in [3.05, 3.63) is 59.8 Å². The van der Waals surface area contributed by atoms with Crippen molar-refractivity contribution in [3.63, 3.8) is 0 Å². The number of nitrogens with zero attached hydrogens (tertiary/aromatic N) is 1. The molecule has 2 aromatic rings. The summed E-state index contributed by atoms with van der Waals surface area (Å²) in [5, 5.41) is 2.96. The van der Waals surface area contributed by atoms with E-state index in [1.807, 2.05) is 6.92 Å². The van der Waals surface area contributed by atoms with Gasteiger partial charge in [0.05, 0.1) is 23.8 Å². The van der Waals surface area contributed by atoms with Crippen molar-refractivity contribution in [3.8, 4) is 0 Å². The Morgan fingerprint density at radius 1 is 1.28 bits per heavy atom. The number of nitrogens with one attached hydrogen (secondary N) is 1. The van der Waals surface area contributed by atoms with Gasteiger partial charge in [-0.15, -0.1) is 0 Å². The molecule has 0 radical (unpaired) electrons. The predicted octanol–water partition coefficient (Wildman–Crippen LogP) is 3.15. The van der Waals surface area contributed by atoms with Crippen LogP contribution < -0.4 is 5.32 Å². The Morgan fingerprint density at radius 2 is 2.04 bits per heavy atom. The van der Waals surface area contributed by atoms with Gasteiger partial charge in [-0.3, -0.25) is 9.59 Å². The number of amides is 2. The Balaban J connectivity index is 1.60. The van der Waals surface area contributed by atoms with Gasteiger partial charge in [0.15, 0.2) is 0 Å². The summed E-state index contributed by atoms with van der Waals surface area (Å²) in [7, 11) is 0. The smallest absolute Gasteiger partial charge is 0.257 e. The molecule has 3 rings (SSSR count). The molecule has 5 nitrogen and oxygen atoms in total. The molecule has 1 saturated heterocycles. The number of likely N-dealkylation sites (tertiary alicyclic amines) is 1. The van der Waals surface area contributed by atoms with Gasteiger partial charge in [-0.1, -0.05) is 12.1 Å². The summed E-state index contributed by atoms with van der Waals surface area (Å²) >= 11 is 0. The minimum absolute atomic E-state index is 0.0819. The number of hydrogen-bond acceptors (Lipinski definition) is 3. The maximum Gasteiger partial charge on any atom is 0.257 e. The van der Waals surface area contributed by atoms with Gasteiger partial charge in [0.2, 0.25) is 5.91 Å². The molecule has 1 aromatic carbocycles. The summed E-state index contributed by atoms with van der Waals surface area (Å²) in [6.45, 7) is 2.90. The fourth-order valence-electron chi connectivity index (χ4n) is 3.11. The van der Waals surface area contributed by atoms with E-state index in [1.54, 1.807) is 23.1 Å². The number of carbonyl (C=O) groups excluding carboxylic acids is 2. The molecule has 0 spiro atoms. The normalized spacial score (nSPS) is 18.6. The SMILES string of the molecule is C[C@H](NC(=O)[C@H]1CCCN(C(=O)c2ccoc2)C1)c1ccc(F)cc1. The molecule has 1 aliphatic heterocycles. The van der Waals surface area contributed by atoms with Crippen molar-refractivity contribution in [2.24, 2.45) is 5.92 Å². The van der Waals surface area contributed by atoms with Crippen LogP contribution in [0.3, 0.4) is 0 Å². The summed E-state index contributed by atoms with van der Waals surface area (Å²) in [4.78, 5) is 26.7. The van der Waals surface area contributed by atoms with Crippen molar-refractivity contribution in [2.45, 2.75) is 25.8 Å². The second kappa shape index (κ2) is 7.51. The fraction of sp³-hybridized carbons (Fsp3) is 0.368. The zero-order valence-corrected chi connectivity index (χ0v) is 14.1. The Labute approximate surface area is 145 Å². The topological polar surface area (TPSA) is 62.6 Å². The average Bonchev–Trinajstić information content (AvgIpc) is 3.16. The highest BCUT2D eigenvalue weighted by Gasteiger charge is 2.29. The molecular weight excluding hydrogens is 323 g/mol. The van der Waals surface area contributed by atoms with E-state index >= 15 is 0 Å². The molecule has 1 aromatic heterocycles. The lowest BCUT2D eigenvalue weighted by Crippen LogP contribution is -2.45. The third-order valence-corrected chi connectivity index (χ3v) is 4.58. The molecule has 2 heterocycles. The highest BCUT2D eigenvalue weighted by atomic mass is 19.1. The van der Waals surface area contributed by atoms with Crippen LogP contribution in [-0.4, -0.2) is 29.8 Å². The fourth-order valence-corrected chi connectivity index (χ4v) is 3.11. The van der Waals surface area contributed by atoms with Gasteiger partial charge < -0.3 is 14.6 Å². The van der Waals surface area contributed by atoms with Gasteiger partial charge in [-0.05, 0) is 43.5 Å². The maximum atomic E-state index is 13.0. The van der Waals surface area contributed by atoms with Crippen molar-refractivity contribution < 1.29 is 18.4 Å². The second-order valence-electron chi connectivity index (χ2n) is 6.38. The number of piperidine rings is 1. The van der Waals surface area contributed by atoms with Crippen molar-refractivity contribution in [2.75, 3.05) is 13.1 Å². The van der Waals surface area contributed by atoms with Crippen LogP contribution in [0.2, 0.25) is 0 Å². The monoisotopic (exact) mass is 344 g/mol. The molecule has 0 saturated carbocycles. The number of hydrogen-bond donors (Lipinski definition) is 1. The zero-order chi connectivity index (χ0) is 17.8. The summed E-state index contributed by atoms with van der Waals surface area (Å²) < 4.78 is 18.0. The summed E-state index contributed by atoms with van der Waals surface area (Å²) in [6.07, 6.45) is 4.41. The van der Waals surface area contributed by atoms with Crippen LogP contribution in [0.25, 0.3) is 0 Å². The highest BCUT2D eigenvalue weighted by molar-refractivity contribution is 5.94. The first-order chi connectivity index (χ1) is 12.0. The largest absolute Gasteiger partial charge is 0.472 e. The quantitative estimate of drug-likeness (QED) is 0.927. The molecule has 132 valence electrons.